The van der Waals surface area contributed by atoms with Crippen molar-refractivity contribution in [1.29, 1.82) is 0 Å². The Morgan fingerprint density at radius 2 is 1.95 bits per heavy atom. The molecule has 0 aliphatic carbocycles. The average molecular weight is 291 g/mol. The van der Waals surface area contributed by atoms with Gasteiger partial charge in [0.1, 0.15) is 5.75 Å². The molecule has 0 saturated carbocycles. The van der Waals surface area contributed by atoms with Crippen molar-refractivity contribution in [2.45, 2.75) is 32.4 Å². The molecule has 1 heterocycles. The van der Waals surface area contributed by atoms with Crippen LogP contribution in [-0.2, 0) is 6.42 Å². The summed E-state index contributed by atoms with van der Waals surface area (Å²) in [4.78, 5) is 4.75. The van der Waals surface area contributed by atoms with Crippen LogP contribution in [0.3, 0.4) is 0 Å². The van der Waals surface area contributed by atoms with Crippen molar-refractivity contribution < 1.29 is 4.74 Å². The van der Waals surface area contributed by atoms with Crippen molar-refractivity contribution in [3.05, 3.63) is 29.8 Å². The van der Waals surface area contributed by atoms with Crippen LogP contribution in [0.4, 0.5) is 0 Å². The van der Waals surface area contributed by atoms with Crippen LogP contribution >= 0.6 is 0 Å². The molecule has 0 spiro atoms. The molecule has 1 unspecified atom stereocenters. The lowest BCUT2D eigenvalue weighted by Crippen LogP contribution is -2.60. The summed E-state index contributed by atoms with van der Waals surface area (Å²) < 4.78 is 5.71. The highest BCUT2D eigenvalue weighted by Crippen LogP contribution is 2.21. The number of likely N-dealkylation sites (N-methyl/N-ethyl adjacent to an activating group) is 1. The summed E-state index contributed by atoms with van der Waals surface area (Å²) in [6, 6.07) is 8.33. The standard InChI is InChI=1S/C17H29N3O/c1-4-12-21-16-7-5-6-15(13-16)14-17(2,18)20-10-8-19(3)9-11-20/h5-7,13H,4,8-12,14,18H2,1-3H3. The summed E-state index contributed by atoms with van der Waals surface area (Å²) in [5.74, 6) is 0.948. The van der Waals surface area contributed by atoms with E-state index in [1.807, 2.05) is 6.07 Å². The number of ether oxygens (including phenoxy) is 1. The van der Waals surface area contributed by atoms with Crippen LogP contribution in [0.1, 0.15) is 25.8 Å². The van der Waals surface area contributed by atoms with E-state index < -0.39 is 0 Å². The van der Waals surface area contributed by atoms with E-state index >= 15 is 0 Å². The first-order valence-electron chi connectivity index (χ1n) is 7.95. The number of nitrogens with two attached hydrogens (primary N) is 1. The maximum absolute atomic E-state index is 6.59. The Kier molecular flexibility index (Phi) is 5.62. The lowest BCUT2D eigenvalue weighted by Gasteiger charge is -2.43. The molecule has 0 radical (unpaired) electrons. The van der Waals surface area contributed by atoms with Gasteiger partial charge in [0.25, 0.3) is 0 Å². The van der Waals surface area contributed by atoms with E-state index in [9.17, 15) is 0 Å². The smallest absolute Gasteiger partial charge is 0.119 e. The van der Waals surface area contributed by atoms with Gasteiger partial charge in [0.2, 0.25) is 0 Å². The second-order valence-electron chi connectivity index (χ2n) is 6.32. The third-order valence-electron chi connectivity index (χ3n) is 4.16. The van der Waals surface area contributed by atoms with E-state index in [1.54, 1.807) is 0 Å². The zero-order chi connectivity index (χ0) is 15.3. The second kappa shape index (κ2) is 7.25. The number of benzene rings is 1. The molecule has 0 amide bonds. The molecule has 1 aromatic rings. The molecular weight excluding hydrogens is 262 g/mol. The van der Waals surface area contributed by atoms with Crippen molar-refractivity contribution in [1.82, 2.24) is 9.80 Å². The lowest BCUT2D eigenvalue weighted by molar-refractivity contribution is 0.0546. The zero-order valence-corrected chi connectivity index (χ0v) is 13.6. The van der Waals surface area contributed by atoms with Crippen LogP contribution in [0.25, 0.3) is 0 Å². The molecule has 0 bridgehead atoms. The van der Waals surface area contributed by atoms with Gasteiger partial charge < -0.3 is 15.4 Å². The third kappa shape index (κ3) is 4.70. The van der Waals surface area contributed by atoms with Crippen molar-refractivity contribution >= 4 is 0 Å². The van der Waals surface area contributed by atoms with Crippen LogP contribution in [0.5, 0.6) is 5.75 Å². The Hall–Kier alpha value is -1.10. The van der Waals surface area contributed by atoms with Gasteiger partial charge in [-0.25, -0.2) is 0 Å². The summed E-state index contributed by atoms with van der Waals surface area (Å²) >= 11 is 0. The van der Waals surface area contributed by atoms with Gasteiger partial charge in [-0.2, -0.15) is 0 Å². The van der Waals surface area contributed by atoms with Crippen LogP contribution in [0.15, 0.2) is 24.3 Å². The highest BCUT2D eigenvalue weighted by molar-refractivity contribution is 5.29. The topological polar surface area (TPSA) is 41.7 Å². The molecule has 2 N–H and O–H groups in total. The van der Waals surface area contributed by atoms with Gasteiger partial charge in [-0.3, -0.25) is 4.90 Å². The van der Waals surface area contributed by atoms with Gasteiger partial charge in [0, 0.05) is 32.6 Å². The van der Waals surface area contributed by atoms with Crippen LogP contribution < -0.4 is 10.5 Å². The maximum Gasteiger partial charge on any atom is 0.119 e. The number of hydrogen-bond acceptors (Lipinski definition) is 4. The summed E-state index contributed by atoms with van der Waals surface area (Å²) in [6.45, 7) is 9.28. The number of rotatable bonds is 6. The minimum Gasteiger partial charge on any atom is -0.494 e. The number of piperazine rings is 1. The van der Waals surface area contributed by atoms with E-state index in [-0.39, 0.29) is 5.66 Å². The molecule has 1 saturated heterocycles. The van der Waals surface area contributed by atoms with Crippen LogP contribution in [-0.4, -0.2) is 55.3 Å². The minimum atomic E-state index is -0.301. The van der Waals surface area contributed by atoms with Crippen molar-refractivity contribution in [2.24, 2.45) is 5.73 Å². The molecule has 1 aromatic carbocycles. The predicted molar refractivity (Wildman–Crippen MR) is 87.6 cm³/mol. The normalized spacial score (nSPS) is 20.2. The summed E-state index contributed by atoms with van der Waals surface area (Å²) in [7, 11) is 2.17. The molecule has 4 nitrogen and oxygen atoms in total. The number of hydrogen-bond donors (Lipinski definition) is 1. The largest absolute Gasteiger partial charge is 0.494 e. The molecule has 1 aliphatic rings. The van der Waals surface area contributed by atoms with Gasteiger partial charge in [0.05, 0.1) is 12.3 Å². The summed E-state index contributed by atoms with van der Waals surface area (Å²) in [5.41, 5.74) is 7.53. The fourth-order valence-electron chi connectivity index (χ4n) is 2.81. The molecular formula is C17H29N3O. The Morgan fingerprint density at radius 1 is 1.24 bits per heavy atom. The van der Waals surface area contributed by atoms with E-state index in [0.717, 1.165) is 51.4 Å². The predicted octanol–water partition coefficient (Wildman–Crippen LogP) is 1.94. The van der Waals surface area contributed by atoms with Crippen molar-refractivity contribution in [3.63, 3.8) is 0 Å². The number of nitrogens with zero attached hydrogens (tertiary/aromatic N) is 2. The fourth-order valence-corrected chi connectivity index (χ4v) is 2.81. The summed E-state index contributed by atoms with van der Waals surface area (Å²) in [5, 5.41) is 0. The fraction of sp³-hybridized carbons (Fsp3) is 0.647. The first-order chi connectivity index (χ1) is 10.0. The average Bonchev–Trinajstić information content (AvgIpc) is 2.45. The minimum absolute atomic E-state index is 0.301. The molecule has 21 heavy (non-hydrogen) atoms. The van der Waals surface area contributed by atoms with Crippen molar-refractivity contribution in [2.75, 3.05) is 39.8 Å². The Bertz CT molecular complexity index is 439. The third-order valence-corrected chi connectivity index (χ3v) is 4.16. The Morgan fingerprint density at radius 3 is 2.62 bits per heavy atom. The van der Waals surface area contributed by atoms with E-state index in [4.69, 9.17) is 10.5 Å². The maximum atomic E-state index is 6.59. The van der Waals surface area contributed by atoms with E-state index in [1.165, 1.54) is 5.56 Å². The van der Waals surface area contributed by atoms with Gasteiger partial charge in [-0.05, 0) is 38.1 Å². The van der Waals surface area contributed by atoms with E-state index in [0.29, 0.717) is 0 Å². The molecule has 1 aliphatic heterocycles. The summed E-state index contributed by atoms with van der Waals surface area (Å²) in [6.07, 6.45) is 1.88. The monoisotopic (exact) mass is 291 g/mol. The van der Waals surface area contributed by atoms with Crippen molar-refractivity contribution in [3.8, 4) is 5.75 Å². The Labute approximate surface area is 128 Å². The van der Waals surface area contributed by atoms with Gasteiger partial charge in [-0.15, -0.1) is 0 Å². The van der Waals surface area contributed by atoms with Gasteiger partial charge in [0.15, 0.2) is 0 Å². The highest BCUT2D eigenvalue weighted by Gasteiger charge is 2.29. The van der Waals surface area contributed by atoms with Gasteiger partial charge >= 0.3 is 0 Å². The lowest BCUT2D eigenvalue weighted by atomic mass is 9.99. The molecule has 118 valence electrons. The highest BCUT2D eigenvalue weighted by atomic mass is 16.5. The van der Waals surface area contributed by atoms with Crippen LogP contribution in [0, 0.1) is 0 Å². The Balaban J connectivity index is 1.98. The first-order valence-corrected chi connectivity index (χ1v) is 7.95. The van der Waals surface area contributed by atoms with Crippen LogP contribution in [0.2, 0.25) is 0 Å². The van der Waals surface area contributed by atoms with E-state index in [2.05, 4.69) is 48.9 Å². The van der Waals surface area contributed by atoms with Gasteiger partial charge in [-0.1, -0.05) is 19.1 Å². The second-order valence-corrected chi connectivity index (χ2v) is 6.32. The molecule has 1 atom stereocenters. The quantitative estimate of drug-likeness (QED) is 0.870. The molecule has 2 rings (SSSR count). The molecule has 0 aromatic heterocycles. The molecule has 4 heteroatoms. The zero-order valence-electron chi connectivity index (χ0n) is 13.6. The SMILES string of the molecule is CCCOc1cccc(CC(C)(N)N2CCN(C)CC2)c1. The molecule has 1 fully saturated rings. The first kappa shape index (κ1) is 16.3.